The lowest BCUT2D eigenvalue weighted by Crippen LogP contribution is -2.41. The summed E-state index contributed by atoms with van der Waals surface area (Å²) in [7, 11) is 0. The molecule has 3 heterocycles. The molecule has 3 aliphatic heterocycles. The van der Waals surface area contributed by atoms with Crippen molar-refractivity contribution in [2.24, 2.45) is 11.8 Å². The van der Waals surface area contributed by atoms with Gasteiger partial charge in [0.2, 0.25) is 0 Å². The predicted octanol–water partition coefficient (Wildman–Crippen LogP) is 3.36. The second-order valence-corrected chi connectivity index (χ2v) is 7.40. The first kappa shape index (κ1) is 16.7. The molecule has 0 saturated carbocycles. The summed E-state index contributed by atoms with van der Waals surface area (Å²) in [6.45, 7) is 6.37. The lowest BCUT2D eigenvalue weighted by atomic mass is 9.82. The SMILES string of the molecule is CCOc1ccccc1[C@H](CC)NC(=O)N1C[C@@H]2[C@@H](C1)[C@H]1CC[C@H]2O1. The zero-order valence-electron chi connectivity index (χ0n) is 15.1. The highest BCUT2D eigenvalue weighted by Crippen LogP contribution is 2.47. The molecular formula is C20H28N2O3. The molecule has 2 bridgehead atoms. The van der Waals surface area contributed by atoms with Crippen LogP contribution in [0.3, 0.4) is 0 Å². The number of carbonyl (C=O) groups excluding carboxylic acids is 1. The lowest BCUT2D eigenvalue weighted by Gasteiger charge is -2.25. The molecule has 4 rings (SSSR count). The van der Waals surface area contributed by atoms with E-state index < -0.39 is 0 Å². The standard InChI is InChI=1S/C20H28N2O3/c1-3-16(13-7-5-6-8-17(13)24-4-2)21-20(23)22-11-14-15(12-22)19-10-9-18(14)25-19/h5-8,14-16,18-19H,3-4,9-12H2,1-2H3,(H,21,23)/t14-,15-,16+,18-,19-/m1/s1. The van der Waals surface area contributed by atoms with Gasteiger partial charge in [0, 0.05) is 30.5 Å². The molecule has 1 N–H and O–H groups in total. The molecule has 3 aliphatic rings. The summed E-state index contributed by atoms with van der Waals surface area (Å²) in [5.41, 5.74) is 1.06. The van der Waals surface area contributed by atoms with E-state index in [4.69, 9.17) is 9.47 Å². The second-order valence-electron chi connectivity index (χ2n) is 7.40. The van der Waals surface area contributed by atoms with Crippen molar-refractivity contribution in [3.63, 3.8) is 0 Å². The summed E-state index contributed by atoms with van der Waals surface area (Å²) in [5, 5.41) is 3.23. The van der Waals surface area contributed by atoms with Gasteiger partial charge in [-0.1, -0.05) is 25.1 Å². The Hall–Kier alpha value is -1.75. The molecule has 3 saturated heterocycles. The number of ether oxygens (including phenoxy) is 2. The van der Waals surface area contributed by atoms with E-state index >= 15 is 0 Å². The molecule has 5 atom stereocenters. The van der Waals surface area contributed by atoms with Gasteiger partial charge in [-0.05, 0) is 32.3 Å². The van der Waals surface area contributed by atoms with Gasteiger partial charge in [-0.3, -0.25) is 0 Å². The Morgan fingerprint density at radius 2 is 1.92 bits per heavy atom. The molecular weight excluding hydrogens is 316 g/mol. The van der Waals surface area contributed by atoms with E-state index in [0.29, 0.717) is 30.7 Å². The van der Waals surface area contributed by atoms with Gasteiger partial charge >= 0.3 is 6.03 Å². The van der Waals surface area contributed by atoms with E-state index in [1.807, 2.05) is 36.1 Å². The molecule has 0 radical (unpaired) electrons. The molecule has 2 amide bonds. The smallest absolute Gasteiger partial charge is 0.317 e. The first-order valence-electron chi connectivity index (χ1n) is 9.63. The van der Waals surface area contributed by atoms with Crippen LogP contribution in [0.4, 0.5) is 4.79 Å². The van der Waals surface area contributed by atoms with Crippen LogP contribution in [-0.2, 0) is 4.74 Å². The Morgan fingerprint density at radius 3 is 2.56 bits per heavy atom. The summed E-state index contributed by atoms with van der Waals surface area (Å²) in [4.78, 5) is 14.9. The zero-order chi connectivity index (χ0) is 17.4. The highest BCUT2D eigenvalue weighted by molar-refractivity contribution is 5.75. The number of likely N-dealkylation sites (tertiary alicyclic amines) is 1. The molecule has 0 aromatic heterocycles. The summed E-state index contributed by atoms with van der Waals surface area (Å²) in [6.07, 6.45) is 3.94. The zero-order valence-corrected chi connectivity index (χ0v) is 15.1. The van der Waals surface area contributed by atoms with Crippen LogP contribution in [0.5, 0.6) is 5.75 Å². The van der Waals surface area contributed by atoms with Crippen LogP contribution in [-0.4, -0.2) is 42.8 Å². The Labute approximate surface area is 149 Å². The average molecular weight is 344 g/mol. The quantitative estimate of drug-likeness (QED) is 0.891. The van der Waals surface area contributed by atoms with E-state index in [9.17, 15) is 4.79 Å². The van der Waals surface area contributed by atoms with Crippen LogP contribution in [0.2, 0.25) is 0 Å². The maximum Gasteiger partial charge on any atom is 0.317 e. The Morgan fingerprint density at radius 1 is 1.24 bits per heavy atom. The highest BCUT2D eigenvalue weighted by atomic mass is 16.5. The second kappa shape index (κ2) is 6.87. The third kappa shape index (κ3) is 2.99. The number of benzene rings is 1. The third-order valence-electron chi connectivity index (χ3n) is 6.04. The molecule has 5 heteroatoms. The number of nitrogens with zero attached hydrogens (tertiary/aromatic N) is 1. The number of fused-ring (bicyclic) bond motifs is 5. The van der Waals surface area contributed by atoms with Gasteiger partial charge in [0.15, 0.2) is 0 Å². The van der Waals surface area contributed by atoms with Crippen molar-refractivity contribution in [2.75, 3.05) is 19.7 Å². The van der Waals surface area contributed by atoms with Crippen molar-refractivity contribution in [1.29, 1.82) is 0 Å². The maximum absolute atomic E-state index is 12.9. The number of hydrogen-bond donors (Lipinski definition) is 1. The fraction of sp³-hybridized carbons (Fsp3) is 0.650. The molecule has 1 aromatic carbocycles. The normalized spacial score (nSPS) is 31.0. The first-order valence-corrected chi connectivity index (χ1v) is 9.63. The Kier molecular flexibility index (Phi) is 4.59. The van der Waals surface area contributed by atoms with E-state index in [1.54, 1.807) is 0 Å². The van der Waals surface area contributed by atoms with Crippen LogP contribution < -0.4 is 10.1 Å². The molecule has 0 spiro atoms. The minimum Gasteiger partial charge on any atom is -0.494 e. The van der Waals surface area contributed by atoms with Gasteiger partial charge in [0.1, 0.15) is 5.75 Å². The first-order chi connectivity index (χ1) is 12.2. The van der Waals surface area contributed by atoms with Gasteiger partial charge in [0.25, 0.3) is 0 Å². The van der Waals surface area contributed by atoms with Crippen molar-refractivity contribution in [2.45, 2.75) is 51.4 Å². The van der Waals surface area contributed by atoms with Gasteiger partial charge in [0.05, 0.1) is 24.9 Å². The minimum atomic E-state index is -0.0244. The van der Waals surface area contributed by atoms with Crippen molar-refractivity contribution in [3.05, 3.63) is 29.8 Å². The number of amides is 2. The van der Waals surface area contributed by atoms with E-state index in [0.717, 1.165) is 30.8 Å². The predicted molar refractivity (Wildman–Crippen MR) is 95.6 cm³/mol. The minimum absolute atomic E-state index is 0.0244. The summed E-state index contributed by atoms with van der Waals surface area (Å²) in [6, 6.07) is 8.02. The number of hydrogen-bond acceptors (Lipinski definition) is 3. The fourth-order valence-electron chi connectivity index (χ4n) is 4.82. The molecule has 1 aromatic rings. The molecule has 25 heavy (non-hydrogen) atoms. The fourth-order valence-corrected chi connectivity index (χ4v) is 4.82. The molecule has 5 nitrogen and oxygen atoms in total. The van der Waals surface area contributed by atoms with Gasteiger partial charge in [-0.2, -0.15) is 0 Å². The number of nitrogens with one attached hydrogen (secondary N) is 1. The van der Waals surface area contributed by atoms with Crippen molar-refractivity contribution in [3.8, 4) is 5.75 Å². The summed E-state index contributed by atoms with van der Waals surface area (Å²) in [5.74, 6) is 1.95. The van der Waals surface area contributed by atoms with E-state index in [1.165, 1.54) is 12.8 Å². The van der Waals surface area contributed by atoms with Crippen LogP contribution in [0.1, 0.15) is 44.7 Å². The van der Waals surface area contributed by atoms with E-state index in [-0.39, 0.29) is 12.1 Å². The van der Waals surface area contributed by atoms with Crippen molar-refractivity contribution >= 4 is 6.03 Å². The number of carbonyl (C=O) groups is 1. The largest absolute Gasteiger partial charge is 0.494 e. The number of para-hydroxylation sites is 1. The highest BCUT2D eigenvalue weighted by Gasteiger charge is 2.53. The topological polar surface area (TPSA) is 50.8 Å². The lowest BCUT2D eigenvalue weighted by molar-refractivity contribution is 0.0737. The maximum atomic E-state index is 12.9. The summed E-state index contributed by atoms with van der Waals surface area (Å²) >= 11 is 0. The van der Waals surface area contributed by atoms with Crippen molar-refractivity contribution < 1.29 is 14.3 Å². The third-order valence-corrected chi connectivity index (χ3v) is 6.04. The Balaban J connectivity index is 1.43. The average Bonchev–Trinajstić information content (AvgIpc) is 3.33. The molecule has 0 aliphatic carbocycles. The van der Waals surface area contributed by atoms with Crippen LogP contribution >= 0.6 is 0 Å². The number of rotatable bonds is 5. The Bertz CT molecular complexity index is 617. The molecule has 3 fully saturated rings. The molecule has 136 valence electrons. The van der Waals surface area contributed by atoms with Crippen LogP contribution in [0, 0.1) is 11.8 Å². The monoisotopic (exact) mass is 344 g/mol. The van der Waals surface area contributed by atoms with Crippen LogP contribution in [0.25, 0.3) is 0 Å². The molecule has 0 unspecified atom stereocenters. The van der Waals surface area contributed by atoms with Gasteiger partial charge in [-0.15, -0.1) is 0 Å². The summed E-state index contributed by atoms with van der Waals surface area (Å²) < 4.78 is 11.7. The van der Waals surface area contributed by atoms with Crippen LogP contribution in [0.15, 0.2) is 24.3 Å². The van der Waals surface area contributed by atoms with Gasteiger partial charge in [-0.25, -0.2) is 4.79 Å². The van der Waals surface area contributed by atoms with Crippen molar-refractivity contribution in [1.82, 2.24) is 10.2 Å². The number of urea groups is 1. The van der Waals surface area contributed by atoms with E-state index in [2.05, 4.69) is 12.2 Å². The van der Waals surface area contributed by atoms with Gasteiger partial charge < -0.3 is 19.7 Å².